The molecule has 4 heteroatoms. The van der Waals surface area contributed by atoms with Crippen molar-refractivity contribution < 1.29 is 20.1 Å². The third-order valence-electron chi connectivity index (χ3n) is 5.28. The van der Waals surface area contributed by atoms with Gasteiger partial charge < -0.3 is 4.98 Å². The van der Waals surface area contributed by atoms with E-state index < -0.39 is 0 Å². The van der Waals surface area contributed by atoms with E-state index in [-0.39, 0.29) is 25.5 Å². The maximum absolute atomic E-state index is 4.98. The Bertz CT molecular complexity index is 1390. The first kappa shape index (κ1) is 21.3. The minimum atomic E-state index is -0.0824. The summed E-state index contributed by atoms with van der Waals surface area (Å²) < 4.78 is 0. The molecule has 5 rings (SSSR count). The maximum Gasteiger partial charge on any atom is 0.141 e. The van der Waals surface area contributed by atoms with Gasteiger partial charge in [-0.15, -0.1) is 29.8 Å². The molecule has 0 fully saturated rings. The average Bonchev–Trinajstić information content (AvgIpc) is 2.77. The summed E-state index contributed by atoms with van der Waals surface area (Å²) in [6.45, 7) is 6.57. The van der Waals surface area contributed by atoms with Crippen LogP contribution in [0.15, 0.2) is 79.0 Å². The number of nitrogens with zero attached hydrogens (tertiary/aromatic N) is 3. The molecule has 0 N–H and O–H groups in total. The molecule has 5 aromatic rings. The van der Waals surface area contributed by atoms with Crippen molar-refractivity contribution in [1.82, 2.24) is 15.0 Å². The van der Waals surface area contributed by atoms with Crippen molar-refractivity contribution in [2.24, 2.45) is 0 Å². The van der Waals surface area contributed by atoms with E-state index >= 15 is 0 Å². The molecule has 155 valence electrons. The summed E-state index contributed by atoms with van der Waals surface area (Å²) in [7, 11) is 0. The third kappa shape index (κ3) is 4.14. The van der Waals surface area contributed by atoms with Gasteiger partial charge in [0.05, 0.1) is 11.2 Å². The second-order valence-corrected chi connectivity index (χ2v) is 8.57. The van der Waals surface area contributed by atoms with Gasteiger partial charge in [-0.1, -0.05) is 74.9 Å². The van der Waals surface area contributed by atoms with Crippen LogP contribution in [0.5, 0.6) is 0 Å². The quantitative estimate of drug-likeness (QED) is 0.221. The van der Waals surface area contributed by atoms with Gasteiger partial charge in [0.2, 0.25) is 0 Å². The Labute approximate surface area is 196 Å². The van der Waals surface area contributed by atoms with Crippen molar-refractivity contribution in [3.05, 3.63) is 90.8 Å². The van der Waals surface area contributed by atoms with Gasteiger partial charge in [0.25, 0.3) is 0 Å². The molecule has 0 bridgehead atoms. The molecule has 0 saturated carbocycles. The van der Waals surface area contributed by atoms with E-state index in [2.05, 4.69) is 68.2 Å². The van der Waals surface area contributed by atoms with Crippen LogP contribution in [0.25, 0.3) is 44.3 Å². The Morgan fingerprint density at radius 2 is 1.55 bits per heavy atom. The van der Waals surface area contributed by atoms with Crippen molar-refractivity contribution in [3.8, 4) is 22.6 Å². The predicted octanol–water partition coefficient (Wildman–Crippen LogP) is 6.61. The van der Waals surface area contributed by atoms with E-state index in [4.69, 9.17) is 9.97 Å². The first-order valence-electron chi connectivity index (χ1n) is 10.1. The van der Waals surface area contributed by atoms with Crippen molar-refractivity contribution in [3.63, 3.8) is 0 Å². The molecule has 0 unspecified atom stereocenters. The fourth-order valence-electron chi connectivity index (χ4n) is 3.76. The van der Waals surface area contributed by atoms with Gasteiger partial charge in [0, 0.05) is 37.1 Å². The minimum Gasteiger partial charge on any atom is -0.304 e. The number of aromatic nitrogens is 3. The van der Waals surface area contributed by atoms with E-state index in [0.29, 0.717) is 0 Å². The Balaban J connectivity index is 0.00000231. The first-order valence-corrected chi connectivity index (χ1v) is 10.1. The number of fused-ring (bicyclic) bond motifs is 2. The third-order valence-corrected chi connectivity index (χ3v) is 5.28. The van der Waals surface area contributed by atoms with Crippen LogP contribution in [-0.2, 0) is 25.5 Å². The first-order chi connectivity index (χ1) is 14.5. The van der Waals surface area contributed by atoms with Crippen LogP contribution in [0.4, 0.5) is 0 Å². The molecule has 0 atom stereocenters. The number of pyridine rings is 1. The molecule has 0 spiro atoms. The monoisotopic (exact) mass is 581 g/mol. The van der Waals surface area contributed by atoms with Crippen molar-refractivity contribution in [2.75, 3.05) is 0 Å². The molecule has 3 aromatic carbocycles. The van der Waals surface area contributed by atoms with Gasteiger partial charge in [-0.05, 0) is 22.5 Å². The van der Waals surface area contributed by atoms with Crippen LogP contribution in [-0.4, -0.2) is 15.0 Å². The molecule has 0 aliphatic rings. The maximum atomic E-state index is 4.98. The molecule has 0 aliphatic heterocycles. The molecule has 31 heavy (non-hydrogen) atoms. The average molecular weight is 581 g/mol. The molecule has 0 aliphatic carbocycles. The van der Waals surface area contributed by atoms with Gasteiger partial charge in [0.15, 0.2) is 0 Å². The van der Waals surface area contributed by atoms with Crippen LogP contribution in [0.3, 0.4) is 0 Å². The van der Waals surface area contributed by atoms with Gasteiger partial charge in [-0.3, -0.25) is 0 Å². The van der Waals surface area contributed by atoms with Crippen LogP contribution in [0.1, 0.15) is 26.5 Å². The topological polar surface area (TPSA) is 38.7 Å². The van der Waals surface area contributed by atoms with E-state index in [1.165, 1.54) is 5.39 Å². The zero-order valence-corrected chi connectivity index (χ0v) is 20.1. The summed E-state index contributed by atoms with van der Waals surface area (Å²) >= 11 is 0. The smallest absolute Gasteiger partial charge is 0.141 e. The van der Waals surface area contributed by atoms with Gasteiger partial charge in [0.1, 0.15) is 5.82 Å². The fraction of sp³-hybridized carbons (Fsp3) is 0.148. The minimum absolute atomic E-state index is 0. The van der Waals surface area contributed by atoms with Gasteiger partial charge in [-0.25, -0.2) is 9.97 Å². The van der Waals surface area contributed by atoms with Crippen LogP contribution >= 0.6 is 0 Å². The Kier molecular flexibility index (Phi) is 5.70. The number of hydrogen-bond donors (Lipinski definition) is 0. The normalized spacial score (nSPS) is 11.5. The van der Waals surface area contributed by atoms with E-state index in [1.807, 2.05) is 42.6 Å². The van der Waals surface area contributed by atoms with Crippen LogP contribution in [0.2, 0.25) is 0 Å². The number of rotatable bonds is 2. The van der Waals surface area contributed by atoms with Crippen molar-refractivity contribution >= 4 is 21.7 Å². The molecule has 2 heterocycles. The molecule has 3 nitrogen and oxygen atoms in total. The van der Waals surface area contributed by atoms with Crippen molar-refractivity contribution in [2.45, 2.75) is 26.2 Å². The van der Waals surface area contributed by atoms with Crippen molar-refractivity contribution in [1.29, 1.82) is 0 Å². The second-order valence-electron chi connectivity index (χ2n) is 8.57. The summed E-state index contributed by atoms with van der Waals surface area (Å²) in [6.07, 6.45) is 1.91. The molecular weight excluding hydrogens is 559 g/mol. The summed E-state index contributed by atoms with van der Waals surface area (Å²) in [5.41, 5.74) is 4.74. The summed E-state index contributed by atoms with van der Waals surface area (Å²) in [5, 5.41) is 3.40. The zero-order valence-electron chi connectivity index (χ0n) is 17.7. The van der Waals surface area contributed by atoms with Crippen LogP contribution < -0.4 is 0 Å². The number of para-hydroxylation sites is 1. The largest absolute Gasteiger partial charge is 0.304 e. The second kappa shape index (κ2) is 8.30. The number of benzene rings is 3. The van der Waals surface area contributed by atoms with Crippen LogP contribution in [0, 0.1) is 6.07 Å². The predicted molar refractivity (Wildman–Crippen MR) is 123 cm³/mol. The molecular formula is C27H22IrN3-. The van der Waals surface area contributed by atoms with Gasteiger partial charge >= 0.3 is 0 Å². The summed E-state index contributed by atoms with van der Waals surface area (Å²) in [4.78, 5) is 14.5. The molecule has 0 amide bonds. The summed E-state index contributed by atoms with van der Waals surface area (Å²) in [6, 6.07) is 27.9. The van der Waals surface area contributed by atoms with E-state index in [1.54, 1.807) is 0 Å². The molecule has 0 saturated heterocycles. The fourth-order valence-corrected chi connectivity index (χ4v) is 3.76. The van der Waals surface area contributed by atoms with E-state index in [9.17, 15) is 0 Å². The van der Waals surface area contributed by atoms with E-state index in [0.717, 1.165) is 44.6 Å². The number of hydrogen-bond acceptors (Lipinski definition) is 3. The Hall–Kier alpha value is -2.94. The standard InChI is InChI=1S/C27H22N3.Ir/c1-27(2,3)25-22-13-6-7-14-23(22)29-26(30-25)20-12-8-11-19(15-20)24-16-18-9-4-5-10-21(18)17-28-24;/h4-10,12-17H,1-3H3;/q-1;. The zero-order chi connectivity index (χ0) is 20.7. The SMILES string of the molecule is CC(C)(C)c1nc(-c2cc[c-]c(-c3cc4ccccc4cn3)c2)nc2ccccc12.[Ir]. The Morgan fingerprint density at radius 3 is 2.35 bits per heavy atom. The molecule has 2 aromatic heterocycles. The van der Waals surface area contributed by atoms with Gasteiger partial charge in [-0.2, -0.15) is 0 Å². The summed E-state index contributed by atoms with van der Waals surface area (Å²) in [5.74, 6) is 0.731. The molecule has 1 radical (unpaired) electrons. The Morgan fingerprint density at radius 1 is 0.806 bits per heavy atom.